The average molecular weight is 582 g/mol. The molecule has 13 heteroatoms. The number of nitrogens with one attached hydrogen (secondary N) is 1. The van der Waals surface area contributed by atoms with Crippen LogP contribution in [0.25, 0.3) is 0 Å². The third-order valence-corrected chi connectivity index (χ3v) is 7.36. The molecule has 1 atom stereocenters. The Kier molecular flexibility index (Phi) is 10.7. The summed E-state index contributed by atoms with van der Waals surface area (Å²) in [4.78, 5) is 27.4. The van der Waals surface area contributed by atoms with Gasteiger partial charge in [0.1, 0.15) is 12.6 Å². The fourth-order valence-electron chi connectivity index (χ4n) is 3.43. The highest BCUT2D eigenvalue weighted by molar-refractivity contribution is 7.92. The number of sulfonamides is 1. The molecule has 0 fully saturated rings. The summed E-state index contributed by atoms with van der Waals surface area (Å²) in [7, 11) is -4.22. The zero-order valence-electron chi connectivity index (χ0n) is 20.5. The predicted molar refractivity (Wildman–Crippen MR) is 138 cm³/mol. The standard InChI is InChI=1S/C24H28Cl2F3N3O4S/c1-4-5-12-30-23(34)16(2)31(14-17-8-6-7-9-20(17)25)22(33)15-32(37(3,35)36)18-10-11-21(26)19(13-18)24(27,28)29/h6-11,13,16H,4-5,12,14-15H2,1-3H3,(H,30,34). The molecule has 204 valence electrons. The van der Waals surface area contributed by atoms with E-state index in [1.54, 1.807) is 24.3 Å². The molecule has 2 amide bonds. The number of benzene rings is 2. The Morgan fingerprint density at radius 2 is 1.73 bits per heavy atom. The molecule has 0 saturated carbocycles. The first-order valence-corrected chi connectivity index (χ1v) is 13.9. The van der Waals surface area contributed by atoms with Gasteiger partial charge in [-0.15, -0.1) is 0 Å². The zero-order valence-corrected chi connectivity index (χ0v) is 22.8. The Morgan fingerprint density at radius 1 is 1.08 bits per heavy atom. The topological polar surface area (TPSA) is 86.8 Å². The number of alkyl halides is 3. The monoisotopic (exact) mass is 581 g/mol. The van der Waals surface area contributed by atoms with E-state index in [0.29, 0.717) is 27.5 Å². The van der Waals surface area contributed by atoms with Gasteiger partial charge in [-0.1, -0.05) is 54.7 Å². The van der Waals surface area contributed by atoms with Gasteiger partial charge in [0.2, 0.25) is 21.8 Å². The number of hydrogen-bond donors (Lipinski definition) is 1. The Labute approximate surface area is 224 Å². The van der Waals surface area contributed by atoms with E-state index in [1.807, 2.05) is 6.92 Å². The SMILES string of the molecule is CCCCNC(=O)C(C)N(Cc1ccccc1Cl)C(=O)CN(c1ccc(Cl)c(C(F)(F)F)c1)S(C)(=O)=O. The van der Waals surface area contributed by atoms with Gasteiger partial charge < -0.3 is 10.2 Å². The number of carbonyl (C=O) groups excluding carboxylic acids is 2. The highest BCUT2D eigenvalue weighted by Gasteiger charge is 2.35. The molecule has 1 N–H and O–H groups in total. The first-order chi connectivity index (χ1) is 17.2. The van der Waals surface area contributed by atoms with Crippen molar-refractivity contribution < 1.29 is 31.2 Å². The molecule has 2 aromatic carbocycles. The van der Waals surface area contributed by atoms with Crippen molar-refractivity contribution >= 4 is 50.7 Å². The highest BCUT2D eigenvalue weighted by Crippen LogP contribution is 2.37. The average Bonchev–Trinajstić information content (AvgIpc) is 2.80. The largest absolute Gasteiger partial charge is 0.417 e. The van der Waals surface area contributed by atoms with E-state index in [-0.39, 0.29) is 6.54 Å². The molecular weight excluding hydrogens is 554 g/mol. The lowest BCUT2D eigenvalue weighted by Gasteiger charge is -2.32. The second-order valence-corrected chi connectivity index (χ2v) is 11.1. The molecule has 0 aliphatic carbocycles. The molecule has 7 nitrogen and oxygen atoms in total. The van der Waals surface area contributed by atoms with Crippen LogP contribution in [0.3, 0.4) is 0 Å². The van der Waals surface area contributed by atoms with Crippen LogP contribution in [0.1, 0.15) is 37.8 Å². The second kappa shape index (κ2) is 12.8. The van der Waals surface area contributed by atoms with Crippen molar-refractivity contribution in [2.24, 2.45) is 0 Å². The summed E-state index contributed by atoms with van der Waals surface area (Å²) >= 11 is 11.9. The van der Waals surface area contributed by atoms with Gasteiger partial charge in [-0.2, -0.15) is 13.2 Å². The van der Waals surface area contributed by atoms with Gasteiger partial charge in [-0.05, 0) is 43.2 Å². The normalized spacial score (nSPS) is 12.6. The molecule has 0 heterocycles. The fourth-order valence-corrected chi connectivity index (χ4v) is 4.69. The van der Waals surface area contributed by atoms with Gasteiger partial charge in [0.25, 0.3) is 0 Å². The van der Waals surface area contributed by atoms with Crippen molar-refractivity contribution in [2.45, 2.75) is 45.5 Å². The minimum Gasteiger partial charge on any atom is -0.354 e. The van der Waals surface area contributed by atoms with Crippen LogP contribution in [0, 0.1) is 0 Å². The number of anilines is 1. The minimum absolute atomic E-state index is 0.132. The molecule has 2 aromatic rings. The lowest BCUT2D eigenvalue weighted by atomic mass is 10.1. The van der Waals surface area contributed by atoms with Gasteiger partial charge in [-0.3, -0.25) is 13.9 Å². The zero-order chi connectivity index (χ0) is 28.0. The maximum Gasteiger partial charge on any atom is 0.417 e. The number of hydrogen-bond acceptors (Lipinski definition) is 4. The third kappa shape index (κ3) is 8.51. The lowest BCUT2D eigenvalue weighted by Crippen LogP contribution is -2.51. The Bertz CT molecular complexity index is 1230. The predicted octanol–water partition coefficient (Wildman–Crippen LogP) is 5.11. The van der Waals surface area contributed by atoms with Gasteiger partial charge >= 0.3 is 6.18 Å². The summed E-state index contributed by atoms with van der Waals surface area (Å²) in [6.07, 6.45) is -2.53. The summed E-state index contributed by atoms with van der Waals surface area (Å²) in [5.41, 5.74) is -1.14. The molecule has 1 unspecified atom stereocenters. The van der Waals surface area contributed by atoms with Crippen LogP contribution in [0.2, 0.25) is 10.0 Å². The summed E-state index contributed by atoms with van der Waals surface area (Å²) in [6.45, 7) is 2.82. The van der Waals surface area contributed by atoms with Gasteiger partial charge in [0.05, 0.1) is 22.5 Å². The molecule has 37 heavy (non-hydrogen) atoms. The van der Waals surface area contributed by atoms with Gasteiger partial charge in [0, 0.05) is 18.1 Å². The van der Waals surface area contributed by atoms with Gasteiger partial charge in [0.15, 0.2) is 0 Å². The number of halogens is 5. The Balaban J connectivity index is 2.46. The summed E-state index contributed by atoms with van der Waals surface area (Å²) in [5.74, 6) is -1.28. The van der Waals surface area contributed by atoms with E-state index in [0.717, 1.165) is 36.1 Å². The van der Waals surface area contributed by atoms with Crippen molar-refractivity contribution in [3.8, 4) is 0 Å². The molecule has 0 spiro atoms. The van der Waals surface area contributed by atoms with Crippen molar-refractivity contribution in [3.05, 3.63) is 63.6 Å². The molecule has 0 saturated heterocycles. The molecular formula is C24H28Cl2F3N3O4S. The van der Waals surface area contributed by atoms with Crippen LogP contribution < -0.4 is 9.62 Å². The maximum absolute atomic E-state index is 13.5. The summed E-state index contributed by atoms with van der Waals surface area (Å²) in [6, 6.07) is 8.13. The second-order valence-electron chi connectivity index (χ2n) is 8.37. The van der Waals surface area contributed by atoms with Gasteiger partial charge in [-0.25, -0.2) is 8.42 Å². The first-order valence-electron chi connectivity index (χ1n) is 11.3. The quantitative estimate of drug-likeness (QED) is 0.373. The van der Waals surface area contributed by atoms with E-state index >= 15 is 0 Å². The van der Waals surface area contributed by atoms with Crippen LogP contribution >= 0.6 is 23.2 Å². The lowest BCUT2D eigenvalue weighted by molar-refractivity contribution is -0.139. The van der Waals surface area contributed by atoms with Crippen molar-refractivity contribution in [2.75, 3.05) is 23.7 Å². The van der Waals surface area contributed by atoms with Crippen molar-refractivity contribution in [1.82, 2.24) is 10.2 Å². The number of unbranched alkanes of at least 4 members (excludes halogenated alkanes) is 1. The highest BCUT2D eigenvalue weighted by atomic mass is 35.5. The minimum atomic E-state index is -4.85. The van der Waals surface area contributed by atoms with Crippen LogP contribution in [0.4, 0.5) is 18.9 Å². The molecule has 0 bridgehead atoms. The third-order valence-electron chi connectivity index (χ3n) is 5.52. The van der Waals surface area contributed by atoms with Crippen LogP contribution in [-0.4, -0.2) is 50.5 Å². The Hall–Kier alpha value is -2.50. The number of nitrogens with zero attached hydrogens (tertiary/aromatic N) is 2. The molecule has 0 aromatic heterocycles. The molecule has 0 aliphatic rings. The van der Waals surface area contributed by atoms with Crippen molar-refractivity contribution in [1.29, 1.82) is 0 Å². The van der Waals surface area contributed by atoms with Crippen LogP contribution in [0.5, 0.6) is 0 Å². The van der Waals surface area contributed by atoms with Crippen LogP contribution in [0.15, 0.2) is 42.5 Å². The van der Waals surface area contributed by atoms with Crippen molar-refractivity contribution in [3.63, 3.8) is 0 Å². The van der Waals surface area contributed by atoms with E-state index < -0.39 is 56.9 Å². The van der Waals surface area contributed by atoms with E-state index in [9.17, 15) is 31.2 Å². The summed E-state index contributed by atoms with van der Waals surface area (Å²) in [5, 5.41) is 2.44. The molecule has 2 rings (SSSR count). The van der Waals surface area contributed by atoms with E-state index in [1.165, 1.54) is 6.92 Å². The maximum atomic E-state index is 13.5. The molecule has 0 radical (unpaired) electrons. The smallest absolute Gasteiger partial charge is 0.354 e. The number of rotatable bonds is 11. The fraction of sp³-hybridized carbons (Fsp3) is 0.417. The Morgan fingerprint density at radius 3 is 2.30 bits per heavy atom. The number of carbonyl (C=O) groups is 2. The summed E-state index contributed by atoms with van der Waals surface area (Å²) < 4.78 is 65.9. The number of amides is 2. The van der Waals surface area contributed by atoms with E-state index in [2.05, 4.69) is 5.32 Å². The van der Waals surface area contributed by atoms with E-state index in [4.69, 9.17) is 23.2 Å². The first kappa shape index (κ1) is 30.7. The van der Waals surface area contributed by atoms with Crippen LogP contribution in [-0.2, 0) is 32.3 Å². The molecule has 0 aliphatic heterocycles.